The normalized spacial score (nSPS) is 14.7. The Morgan fingerprint density at radius 3 is 2.26 bits per heavy atom. The third-order valence-corrected chi connectivity index (χ3v) is 5.53. The molecule has 1 saturated heterocycles. The first kappa shape index (κ1) is 24.0. The van der Waals surface area contributed by atoms with E-state index < -0.39 is 0 Å². The molecule has 1 aliphatic rings. The maximum absolute atomic E-state index is 12.5. The van der Waals surface area contributed by atoms with E-state index in [9.17, 15) is 14.4 Å². The van der Waals surface area contributed by atoms with Gasteiger partial charge in [0.05, 0.1) is 12.6 Å². The molecule has 35 heavy (non-hydrogen) atoms. The summed E-state index contributed by atoms with van der Waals surface area (Å²) in [5.41, 5.74) is 2.87. The lowest BCUT2D eigenvalue weighted by molar-refractivity contribution is -0.114. The van der Waals surface area contributed by atoms with Crippen LogP contribution in [-0.2, 0) is 9.53 Å². The minimum Gasteiger partial charge on any atom is -0.376 e. The molecule has 0 spiro atoms. The van der Waals surface area contributed by atoms with Crippen LogP contribution in [0.5, 0.6) is 0 Å². The molecule has 3 aromatic carbocycles. The van der Waals surface area contributed by atoms with Gasteiger partial charge in [-0.1, -0.05) is 30.3 Å². The number of hydrogen-bond donors (Lipinski definition) is 4. The highest BCUT2D eigenvalue weighted by Crippen LogP contribution is 2.17. The maximum Gasteiger partial charge on any atom is 0.255 e. The van der Waals surface area contributed by atoms with Crippen LogP contribution in [0.3, 0.4) is 0 Å². The molecule has 0 bridgehead atoms. The van der Waals surface area contributed by atoms with Crippen LogP contribution in [0.4, 0.5) is 17.1 Å². The van der Waals surface area contributed by atoms with E-state index in [1.807, 2.05) is 12.1 Å². The van der Waals surface area contributed by atoms with Crippen LogP contribution >= 0.6 is 0 Å². The largest absolute Gasteiger partial charge is 0.376 e. The summed E-state index contributed by atoms with van der Waals surface area (Å²) in [5, 5.41) is 11.6. The highest BCUT2D eigenvalue weighted by molar-refractivity contribution is 6.04. The van der Waals surface area contributed by atoms with Crippen LogP contribution in [0, 0.1) is 0 Å². The summed E-state index contributed by atoms with van der Waals surface area (Å²) in [6.07, 6.45) is 2.03. The SMILES string of the molecule is O=C(CNc1cccc(NC(=O)c2ccccc2)c1)Nc1cccc(C(=O)NCC2CCCO2)c1. The second kappa shape index (κ2) is 11.8. The minimum atomic E-state index is -0.263. The van der Waals surface area contributed by atoms with Gasteiger partial charge in [-0.2, -0.15) is 0 Å². The van der Waals surface area contributed by atoms with E-state index in [1.165, 1.54) is 0 Å². The second-order valence-electron chi connectivity index (χ2n) is 8.23. The molecule has 8 heteroatoms. The molecule has 4 N–H and O–H groups in total. The molecule has 180 valence electrons. The van der Waals surface area contributed by atoms with E-state index in [0.29, 0.717) is 34.7 Å². The van der Waals surface area contributed by atoms with E-state index in [2.05, 4.69) is 21.3 Å². The third kappa shape index (κ3) is 7.15. The van der Waals surface area contributed by atoms with Crippen LogP contribution in [0.1, 0.15) is 33.6 Å². The highest BCUT2D eigenvalue weighted by Gasteiger charge is 2.17. The Labute approximate surface area is 204 Å². The van der Waals surface area contributed by atoms with Crippen molar-refractivity contribution in [2.45, 2.75) is 18.9 Å². The molecule has 4 rings (SSSR count). The summed E-state index contributed by atoms with van der Waals surface area (Å²) in [7, 11) is 0. The van der Waals surface area contributed by atoms with Gasteiger partial charge in [0.1, 0.15) is 0 Å². The number of carbonyl (C=O) groups is 3. The van der Waals surface area contributed by atoms with Crippen molar-refractivity contribution < 1.29 is 19.1 Å². The monoisotopic (exact) mass is 472 g/mol. The van der Waals surface area contributed by atoms with Crippen LogP contribution in [-0.4, -0.2) is 43.5 Å². The van der Waals surface area contributed by atoms with Crippen LogP contribution in [0.25, 0.3) is 0 Å². The maximum atomic E-state index is 12.5. The number of ether oxygens (including phenoxy) is 1. The van der Waals surface area contributed by atoms with Crippen LogP contribution in [0.15, 0.2) is 78.9 Å². The van der Waals surface area contributed by atoms with Gasteiger partial charge in [-0.3, -0.25) is 14.4 Å². The van der Waals surface area contributed by atoms with Crippen molar-refractivity contribution in [1.82, 2.24) is 5.32 Å². The predicted molar refractivity (Wildman–Crippen MR) is 136 cm³/mol. The lowest BCUT2D eigenvalue weighted by Gasteiger charge is -2.12. The zero-order chi connectivity index (χ0) is 24.5. The summed E-state index contributed by atoms with van der Waals surface area (Å²) in [6.45, 7) is 1.23. The fourth-order valence-corrected chi connectivity index (χ4v) is 3.74. The number of amides is 3. The molecule has 3 aromatic rings. The fraction of sp³-hybridized carbons (Fsp3) is 0.222. The second-order valence-corrected chi connectivity index (χ2v) is 8.23. The van der Waals surface area contributed by atoms with Crippen molar-refractivity contribution in [3.63, 3.8) is 0 Å². The Balaban J connectivity index is 1.27. The van der Waals surface area contributed by atoms with Gasteiger partial charge in [0, 0.05) is 41.3 Å². The Bertz CT molecular complexity index is 1180. The van der Waals surface area contributed by atoms with E-state index in [1.54, 1.807) is 66.7 Å². The standard InChI is InChI=1S/C27H28N4O4/c32-25(30-22-11-4-9-20(15-22)26(33)29-17-24-13-6-14-35-24)18-28-21-10-5-12-23(16-21)31-27(34)19-7-2-1-3-8-19/h1-5,7-12,15-16,24,28H,6,13-14,17-18H2,(H,29,33)(H,30,32)(H,31,34). The average molecular weight is 473 g/mol. The molecule has 1 aliphatic heterocycles. The lowest BCUT2D eigenvalue weighted by atomic mass is 10.1. The topological polar surface area (TPSA) is 109 Å². The molecule has 1 heterocycles. The summed E-state index contributed by atoms with van der Waals surface area (Å²) in [4.78, 5) is 37.2. The van der Waals surface area contributed by atoms with Crippen molar-refractivity contribution in [2.24, 2.45) is 0 Å². The number of hydrogen-bond acceptors (Lipinski definition) is 5. The number of rotatable bonds is 9. The van der Waals surface area contributed by atoms with Crippen LogP contribution < -0.4 is 21.3 Å². The Morgan fingerprint density at radius 1 is 0.771 bits per heavy atom. The van der Waals surface area contributed by atoms with Crippen molar-refractivity contribution in [1.29, 1.82) is 0 Å². The van der Waals surface area contributed by atoms with Gasteiger partial charge in [-0.25, -0.2) is 0 Å². The molecule has 3 amide bonds. The third-order valence-electron chi connectivity index (χ3n) is 5.53. The number of benzene rings is 3. The molecule has 0 aromatic heterocycles. The van der Waals surface area contributed by atoms with Gasteiger partial charge < -0.3 is 26.0 Å². The van der Waals surface area contributed by atoms with Crippen molar-refractivity contribution in [3.05, 3.63) is 90.0 Å². The van der Waals surface area contributed by atoms with E-state index in [-0.39, 0.29) is 30.4 Å². The highest BCUT2D eigenvalue weighted by atomic mass is 16.5. The summed E-state index contributed by atoms with van der Waals surface area (Å²) < 4.78 is 5.53. The smallest absolute Gasteiger partial charge is 0.255 e. The lowest BCUT2D eigenvalue weighted by Crippen LogP contribution is -2.31. The van der Waals surface area contributed by atoms with Gasteiger partial charge in [-0.05, 0) is 61.4 Å². The summed E-state index contributed by atoms with van der Waals surface area (Å²) >= 11 is 0. The van der Waals surface area contributed by atoms with Gasteiger partial charge in [0.2, 0.25) is 5.91 Å². The van der Waals surface area contributed by atoms with E-state index in [0.717, 1.165) is 19.4 Å². The summed E-state index contributed by atoms with van der Waals surface area (Å²) in [5.74, 6) is -0.676. The molecule has 0 saturated carbocycles. The quantitative estimate of drug-likeness (QED) is 0.378. The first-order valence-electron chi connectivity index (χ1n) is 11.6. The molecular formula is C27H28N4O4. The average Bonchev–Trinajstić information content (AvgIpc) is 3.41. The zero-order valence-electron chi connectivity index (χ0n) is 19.3. The van der Waals surface area contributed by atoms with Crippen molar-refractivity contribution in [2.75, 3.05) is 35.6 Å². The van der Waals surface area contributed by atoms with E-state index in [4.69, 9.17) is 4.74 Å². The van der Waals surface area contributed by atoms with Crippen molar-refractivity contribution >= 4 is 34.8 Å². The Hall–Kier alpha value is -4.17. The molecular weight excluding hydrogens is 444 g/mol. The fourth-order valence-electron chi connectivity index (χ4n) is 3.74. The number of anilines is 3. The van der Waals surface area contributed by atoms with Gasteiger partial charge in [0.15, 0.2) is 0 Å². The first-order valence-corrected chi connectivity index (χ1v) is 11.6. The molecule has 1 unspecified atom stereocenters. The van der Waals surface area contributed by atoms with Gasteiger partial charge in [0.25, 0.3) is 11.8 Å². The van der Waals surface area contributed by atoms with Gasteiger partial charge >= 0.3 is 0 Å². The summed E-state index contributed by atoms with van der Waals surface area (Å²) in [6, 6.07) is 22.9. The molecule has 1 atom stereocenters. The molecule has 1 fully saturated rings. The zero-order valence-corrected chi connectivity index (χ0v) is 19.3. The van der Waals surface area contributed by atoms with Crippen molar-refractivity contribution in [3.8, 4) is 0 Å². The molecule has 8 nitrogen and oxygen atoms in total. The van der Waals surface area contributed by atoms with Gasteiger partial charge in [-0.15, -0.1) is 0 Å². The van der Waals surface area contributed by atoms with E-state index >= 15 is 0 Å². The minimum absolute atomic E-state index is 0.0194. The Kier molecular flexibility index (Phi) is 8.08. The van der Waals surface area contributed by atoms with Crippen LogP contribution in [0.2, 0.25) is 0 Å². The Morgan fingerprint density at radius 2 is 1.49 bits per heavy atom. The first-order chi connectivity index (χ1) is 17.1. The molecule has 0 radical (unpaired) electrons. The molecule has 0 aliphatic carbocycles. The number of nitrogens with one attached hydrogen (secondary N) is 4. The number of carbonyl (C=O) groups excluding carboxylic acids is 3. The predicted octanol–water partition coefficient (Wildman–Crippen LogP) is 3.90.